The monoisotopic (exact) mass is 318 g/mol. The molecular weight excluding hydrogens is 284 g/mol. The molecule has 0 saturated carbocycles. The van der Waals surface area contributed by atoms with Crippen molar-refractivity contribution >= 4 is 11.5 Å². The predicted octanol–water partition coefficient (Wildman–Crippen LogP) is 4.64. The zero-order chi connectivity index (χ0) is 17.5. The van der Waals surface area contributed by atoms with Gasteiger partial charge in [0.1, 0.15) is 0 Å². The lowest BCUT2D eigenvalue weighted by Gasteiger charge is -2.44. The molecule has 23 heavy (non-hydrogen) atoms. The Morgan fingerprint density at radius 2 is 1.91 bits per heavy atom. The number of carbonyl (C=O) groups is 1. The van der Waals surface area contributed by atoms with Crippen LogP contribution in [0.25, 0.3) is 0 Å². The Morgan fingerprint density at radius 3 is 2.35 bits per heavy atom. The second-order valence-electron chi connectivity index (χ2n) is 7.05. The normalized spacial score (nSPS) is 19.9. The fraction of sp³-hybridized carbons (Fsp3) is 0.700. The van der Waals surface area contributed by atoms with Gasteiger partial charge in [-0.05, 0) is 42.7 Å². The van der Waals surface area contributed by atoms with E-state index in [2.05, 4.69) is 37.2 Å². The Balaban J connectivity index is 2.62. The molecule has 0 aromatic rings. The van der Waals surface area contributed by atoms with Crippen LogP contribution in [0.3, 0.4) is 0 Å². The number of rotatable bonds is 8. The van der Waals surface area contributed by atoms with Crippen molar-refractivity contribution in [3.8, 4) is 0 Å². The summed E-state index contributed by atoms with van der Waals surface area (Å²) < 4.78 is 0. The number of piperidine rings is 1. The largest absolute Gasteiger partial charge is 0.372 e. The number of hydrogen-bond donors (Lipinski definition) is 0. The highest BCUT2D eigenvalue weighted by molar-refractivity contribution is 6.43. The summed E-state index contributed by atoms with van der Waals surface area (Å²) >= 11 is 0. The van der Waals surface area contributed by atoms with Crippen LogP contribution < -0.4 is 0 Å². The third kappa shape index (κ3) is 5.63. The first-order valence-corrected chi connectivity index (χ1v) is 8.97. The molecular formula is C20H34N2O. The first-order valence-electron chi connectivity index (χ1n) is 8.97. The molecule has 1 aliphatic heterocycles. The predicted molar refractivity (Wildman–Crippen MR) is 99.9 cm³/mol. The Bertz CT molecular complexity index is 468. The van der Waals surface area contributed by atoms with E-state index in [0.717, 1.165) is 24.7 Å². The molecule has 1 atom stereocenters. The molecule has 3 nitrogen and oxygen atoms in total. The Hall–Kier alpha value is -1.38. The minimum atomic E-state index is -0.00579. The molecule has 1 unspecified atom stereocenters. The highest BCUT2D eigenvalue weighted by atomic mass is 16.1. The fourth-order valence-electron chi connectivity index (χ4n) is 3.48. The molecule has 0 amide bonds. The maximum absolute atomic E-state index is 11.4. The maximum atomic E-state index is 11.4. The number of nitrogens with zero attached hydrogens (tertiary/aromatic N) is 2. The average molecular weight is 319 g/mol. The van der Waals surface area contributed by atoms with Crippen molar-refractivity contribution in [2.75, 3.05) is 20.1 Å². The van der Waals surface area contributed by atoms with Crippen molar-refractivity contribution < 1.29 is 4.79 Å². The Labute approximate surface area is 142 Å². The van der Waals surface area contributed by atoms with Gasteiger partial charge in [0.25, 0.3) is 0 Å². The molecule has 0 bridgehead atoms. The molecule has 1 heterocycles. The standard InChI is InChI=1S/C20H34N2O/c1-7-16(3)15-20(8-2)11-13-22(14-12-20)17(4)9-10-19(21-6)18(5)23/h9-10,16H,4,7-8,11-15H2,1-3,5-6H3/b10-9-,21-19?. The summed E-state index contributed by atoms with van der Waals surface area (Å²) in [4.78, 5) is 17.7. The minimum Gasteiger partial charge on any atom is -0.372 e. The molecule has 0 spiro atoms. The number of aliphatic imine (C=N–C) groups is 1. The van der Waals surface area contributed by atoms with Crippen molar-refractivity contribution in [2.24, 2.45) is 16.3 Å². The summed E-state index contributed by atoms with van der Waals surface area (Å²) in [6, 6.07) is 0. The molecule has 1 saturated heterocycles. The molecule has 0 aromatic carbocycles. The van der Waals surface area contributed by atoms with Gasteiger partial charge in [-0.2, -0.15) is 0 Å². The van der Waals surface area contributed by atoms with Gasteiger partial charge in [-0.3, -0.25) is 9.79 Å². The van der Waals surface area contributed by atoms with Crippen LogP contribution in [0.1, 0.15) is 59.8 Å². The highest BCUT2D eigenvalue weighted by Gasteiger charge is 2.33. The SMILES string of the molecule is C=C(/C=C\C(=NC)C(C)=O)N1CCC(CC)(CC(C)CC)CC1. The van der Waals surface area contributed by atoms with Gasteiger partial charge < -0.3 is 4.90 Å². The van der Waals surface area contributed by atoms with Crippen LogP contribution in [-0.4, -0.2) is 36.5 Å². The van der Waals surface area contributed by atoms with Crippen molar-refractivity contribution in [3.63, 3.8) is 0 Å². The lowest BCUT2D eigenvalue weighted by molar-refractivity contribution is -0.111. The van der Waals surface area contributed by atoms with Gasteiger partial charge in [-0.25, -0.2) is 0 Å². The number of ketones is 1. The van der Waals surface area contributed by atoms with Gasteiger partial charge in [0.05, 0.1) is 5.71 Å². The van der Waals surface area contributed by atoms with E-state index in [1.54, 1.807) is 20.0 Å². The first-order chi connectivity index (χ1) is 10.9. The van der Waals surface area contributed by atoms with Gasteiger partial charge in [0.15, 0.2) is 5.78 Å². The van der Waals surface area contributed by atoms with Crippen LogP contribution in [0, 0.1) is 11.3 Å². The number of allylic oxidation sites excluding steroid dienone is 2. The molecule has 1 aliphatic rings. The third-order valence-electron chi connectivity index (χ3n) is 5.49. The van der Waals surface area contributed by atoms with Crippen molar-refractivity contribution in [1.82, 2.24) is 4.90 Å². The average Bonchev–Trinajstić information content (AvgIpc) is 2.55. The van der Waals surface area contributed by atoms with Crippen molar-refractivity contribution in [1.29, 1.82) is 0 Å². The number of Topliss-reactive ketones (excluding diaryl/α,β-unsaturated/α-hetero) is 1. The highest BCUT2D eigenvalue weighted by Crippen LogP contribution is 2.41. The fourth-order valence-corrected chi connectivity index (χ4v) is 3.48. The van der Waals surface area contributed by atoms with Gasteiger partial charge in [-0.1, -0.05) is 40.2 Å². The Kier molecular flexibility index (Phi) is 7.74. The van der Waals surface area contributed by atoms with E-state index < -0.39 is 0 Å². The van der Waals surface area contributed by atoms with Crippen LogP contribution in [-0.2, 0) is 4.79 Å². The maximum Gasteiger partial charge on any atom is 0.177 e. The number of likely N-dealkylation sites (tertiary alicyclic amines) is 1. The van der Waals surface area contributed by atoms with E-state index in [9.17, 15) is 4.79 Å². The molecule has 130 valence electrons. The van der Waals surface area contributed by atoms with Crippen LogP contribution in [0.15, 0.2) is 29.4 Å². The van der Waals surface area contributed by atoms with E-state index in [1.165, 1.54) is 32.1 Å². The molecule has 1 fully saturated rings. The van der Waals surface area contributed by atoms with E-state index in [-0.39, 0.29) is 5.78 Å². The van der Waals surface area contributed by atoms with E-state index in [4.69, 9.17) is 0 Å². The molecule has 0 aromatic heterocycles. The molecule has 0 aliphatic carbocycles. The second-order valence-corrected chi connectivity index (χ2v) is 7.05. The molecule has 1 rings (SSSR count). The first kappa shape index (κ1) is 19.7. The third-order valence-corrected chi connectivity index (χ3v) is 5.49. The van der Waals surface area contributed by atoms with Gasteiger partial charge in [0.2, 0.25) is 0 Å². The summed E-state index contributed by atoms with van der Waals surface area (Å²) in [5.74, 6) is 0.803. The summed E-state index contributed by atoms with van der Waals surface area (Å²) in [7, 11) is 1.65. The topological polar surface area (TPSA) is 32.7 Å². The van der Waals surface area contributed by atoms with E-state index in [0.29, 0.717) is 11.1 Å². The second kappa shape index (κ2) is 9.05. The van der Waals surface area contributed by atoms with Crippen LogP contribution in [0.5, 0.6) is 0 Å². The van der Waals surface area contributed by atoms with Crippen molar-refractivity contribution in [2.45, 2.75) is 59.8 Å². The number of hydrogen-bond acceptors (Lipinski definition) is 3. The lowest BCUT2D eigenvalue weighted by atomic mass is 9.70. The van der Waals surface area contributed by atoms with E-state index in [1.807, 2.05) is 6.08 Å². The summed E-state index contributed by atoms with van der Waals surface area (Å²) in [5.41, 5.74) is 1.99. The lowest BCUT2D eigenvalue weighted by Crippen LogP contribution is -2.39. The van der Waals surface area contributed by atoms with Gasteiger partial charge in [-0.15, -0.1) is 0 Å². The summed E-state index contributed by atoms with van der Waals surface area (Å²) in [6.45, 7) is 14.8. The van der Waals surface area contributed by atoms with Crippen molar-refractivity contribution in [3.05, 3.63) is 24.4 Å². The molecule has 3 heteroatoms. The smallest absolute Gasteiger partial charge is 0.177 e. The number of carbonyl (C=O) groups excluding carboxylic acids is 1. The van der Waals surface area contributed by atoms with E-state index >= 15 is 0 Å². The molecule has 0 N–H and O–H groups in total. The summed E-state index contributed by atoms with van der Waals surface area (Å²) in [5, 5.41) is 0. The van der Waals surface area contributed by atoms with Crippen LogP contribution >= 0.6 is 0 Å². The minimum absolute atomic E-state index is 0.00579. The van der Waals surface area contributed by atoms with Gasteiger partial charge in [0, 0.05) is 32.8 Å². The Morgan fingerprint density at radius 1 is 1.30 bits per heavy atom. The zero-order valence-electron chi connectivity index (χ0n) is 15.7. The van der Waals surface area contributed by atoms with Gasteiger partial charge >= 0.3 is 0 Å². The summed E-state index contributed by atoms with van der Waals surface area (Å²) in [6.07, 6.45) is 10.1. The van der Waals surface area contributed by atoms with Crippen LogP contribution in [0.4, 0.5) is 0 Å². The quantitative estimate of drug-likeness (QED) is 0.482. The zero-order valence-corrected chi connectivity index (χ0v) is 15.7. The van der Waals surface area contributed by atoms with Crippen LogP contribution in [0.2, 0.25) is 0 Å². The molecule has 0 radical (unpaired) electrons.